The molecule has 7 aromatic carbocycles. The number of benzene rings is 7. The summed E-state index contributed by atoms with van der Waals surface area (Å²) in [6, 6.07) is 58.1. The minimum Gasteiger partial charge on any atom is -0.309 e. The van der Waals surface area contributed by atoms with Crippen molar-refractivity contribution in [1.82, 2.24) is 9.13 Å². The van der Waals surface area contributed by atoms with Crippen molar-refractivity contribution in [1.29, 1.82) is 0 Å². The molecule has 0 saturated heterocycles. The van der Waals surface area contributed by atoms with Gasteiger partial charge in [0, 0.05) is 38.3 Å². The molecule has 1 aliphatic rings. The van der Waals surface area contributed by atoms with E-state index in [2.05, 4.69) is 181 Å². The monoisotopic (exact) mass is 600 g/mol. The second kappa shape index (κ2) is 9.57. The lowest BCUT2D eigenvalue weighted by Gasteiger charge is -2.22. The Kier molecular flexibility index (Phi) is 5.37. The van der Waals surface area contributed by atoms with Gasteiger partial charge in [-0.1, -0.05) is 123 Å². The minimum absolute atomic E-state index is 0.139. The van der Waals surface area contributed by atoms with Gasteiger partial charge in [0.05, 0.1) is 22.1 Å². The molecule has 0 amide bonds. The maximum Gasteiger partial charge on any atom is 0.0541 e. The molecule has 0 fully saturated rings. The summed E-state index contributed by atoms with van der Waals surface area (Å²) >= 11 is 0. The lowest BCUT2D eigenvalue weighted by atomic mass is 9.82. The van der Waals surface area contributed by atoms with Crippen molar-refractivity contribution in [3.63, 3.8) is 0 Å². The lowest BCUT2D eigenvalue weighted by Crippen LogP contribution is -2.15. The maximum atomic E-state index is 2.44. The molecular weight excluding hydrogens is 569 g/mol. The van der Waals surface area contributed by atoms with Gasteiger partial charge in [-0.3, -0.25) is 0 Å². The molecule has 0 aliphatic heterocycles. The highest BCUT2D eigenvalue weighted by molar-refractivity contribution is 6.10. The second-order valence-electron chi connectivity index (χ2n) is 13.4. The zero-order valence-corrected chi connectivity index (χ0v) is 26.4. The van der Waals surface area contributed by atoms with E-state index in [9.17, 15) is 0 Å². The molecule has 47 heavy (non-hydrogen) atoms. The van der Waals surface area contributed by atoms with Crippen LogP contribution < -0.4 is 0 Å². The molecule has 222 valence electrons. The predicted octanol–water partition coefficient (Wildman–Crippen LogP) is 11.9. The molecule has 0 bridgehead atoms. The van der Waals surface area contributed by atoms with Crippen LogP contribution in [0, 0.1) is 0 Å². The highest BCUT2D eigenvalue weighted by Crippen LogP contribution is 2.53. The molecule has 9 aromatic rings. The Morgan fingerprint density at radius 1 is 0.383 bits per heavy atom. The number of rotatable bonds is 3. The van der Waals surface area contributed by atoms with Crippen LogP contribution in [-0.4, -0.2) is 9.13 Å². The predicted molar refractivity (Wildman–Crippen MR) is 198 cm³/mol. The standard InChI is InChI=1S/C45H32N2/c1-45(2)38-20-12-19-32(29-13-11-14-30(27-29)46-40-21-7-3-15-33(40)34-16-4-8-22-41(34)46)44(38)37-26-25-31(28-39(37)45)47-42-23-9-5-17-35(42)36-18-6-10-24-43(36)47/h3-28H,1-2H3. The highest BCUT2D eigenvalue weighted by atomic mass is 15.0. The van der Waals surface area contributed by atoms with E-state index >= 15 is 0 Å². The number of para-hydroxylation sites is 4. The van der Waals surface area contributed by atoms with Gasteiger partial charge in [-0.25, -0.2) is 0 Å². The topological polar surface area (TPSA) is 9.86 Å². The third-order valence-corrected chi connectivity index (χ3v) is 10.5. The van der Waals surface area contributed by atoms with Crippen molar-refractivity contribution in [2.75, 3.05) is 0 Å². The van der Waals surface area contributed by atoms with Crippen molar-refractivity contribution in [3.8, 4) is 33.6 Å². The first kappa shape index (κ1) is 26.4. The fourth-order valence-electron chi connectivity index (χ4n) is 8.37. The summed E-state index contributed by atoms with van der Waals surface area (Å²) in [5, 5.41) is 5.14. The zero-order valence-electron chi connectivity index (χ0n) is 26.4. The summed E-state index contributed by atoms with van der Waals surface area (Å²) in [6.07, 6.45) is 0. The Bertz CT molecular complexity index is 2610. The van der Waals surface area contributed by atoms with Crippen LogP contribution in [0.5, 0.6) is 0 Å². The van der Waals surface area contributed by atoms with Gasteiger partial charge in [0.2, 0.25) is 0 Å². The number of fused-ring (bicyclic) bond motifs is 9. The number of aromatic nitrogens is 2. The first-order chi connectivity index (χ1) is 23.1. The van der Waals surface area contributed by atoms with Crippen LogP contribution >= 0.6 is 0 Å². The Morgan fingerprint density at radius 3 is 1.43 bits per heavy atom. The van der Waals surface area contributed by atoms with E-state index in [0.29, 0.717) is 0 Å². The largest absolute Gasteiger partial charge is 0.309 e. The molecule has 0 unspecified atom stereocenters. The van der Waals surface area contributed by atoms with E-state index in [4.69, 9.17) is 0 Å². The molecule has 0 N–H and O–H groups in total. The molecule has 1 aliphatic carbocycles. The summed E-state index contributed by atoms with van der Waals surface area (Å²) < 4.78 is 4.84. The van der Waals surface area contributed by atoms with Crippen molar-refractivity contribution in [2.24, 2.45) is 0 Å². The third kappa shape index (κ3) is 3.61. The van der Waals surface area contributed by atoms with Gasteiger partial charge in [0.1, 0.15) is 0 Å². The van der Waals surface area contributed by atoms with Crippen molar-refractivity contribution >= 4 is 43.6 Å². The van der Waals surface area contributed by atoms with E-state index in [-0.39, 0.29) is 5.41 Å². The molecule has 0 radical (unpaired) electrons. The third-order valence-electron chi connectivity index (χ3n) is 10.5. The molecule has 0 atom stereocenters. The molecule has 2 aromatic heterocycles. The van der Waals surface area contributed by atoms with E-state index in [1.165, 1.54) is 88.4 Å². The summed E-state index contributed by atoms with van der Waals surface area (Å²) in [5.41, 5.74) is 15.1. The average molecular weight is 601 g/mol. The Balaban J connectivity index is 1.16. The van der Waals surface area contributed by atoms with E-state index < -0.39 is 0 Å². The highest BCUT2D eigenvalue weighted by Gasteiger charge is 2.37. The Morgan fingerprint density at radius 2 is 0.872 bits per heavy atom. The van der Waals surface area contributed by atoms with Gasteiger partial charge in [-0.2, -0.15) is 0 Å². The summed E-state index contributed by atoms with van der Waals surface area (Å²) in [7, 11) is 0. The maximum absolute atomic E-state index is 2.44. The van der Waals surface area contributed by atoms with Crippen molar-refractivity contribution in [3.05, 3.63) is 169 Å². The number of hydrogen-bond acceptors (Lipinski definition) is 0. The second-order valence-corrected chi connectivity index (χ2v) is 13.4. The molecule has 2 nitrogen and oxygen atoms in total. The van der Waals surface area contributed by atoms with Gasteiger partial charge in [-0.15, -0.1) is 0 Å². The van der Waals surface area contributed by atoms with E-state index in [1.807, 2.05) is 0 Å². The molecule has 0 spiro atoms. The van der Waals surface area contributed by atoms with Crippen molar-refractivity contribution < 1.29 is 0 Å². The van der Waals surface area contributed by atoms with Gasteiger partial charge >= 0.3 is 0 Å². The van der Waals surface area contributed by atoms with Crippen LogP contribution in [0.1, 0.15) is 25.0 Å². The Labute approximate surface area is 273 Å². The molecule has 0 saturated carbocycles. The number of hydrogen-bond donors (Lipinski definition) is 0. The quantitative estimate of drug-likeness (QED) is 0.191. The zero-order chi connectivity index (χ0) is 31.3. The van der Waals surface area contributed by atoms with Gasteiger partial charge in [0.25, 0.3) is 0 Å². The van der Waals surface area contributed by atoms with Crippen LogP contribution in [-0.2, 0) is 5.41 Å². The fraction of sp³-hybridized carbons (Fsp3) is 0.0667. The first-order valence-corrected chi connectivity index (χ1v) is 16.5. The van der Waals surface area contributed by atoms with Crippen molar-refractivity contribution in [2.45, 2.75) is 19.3 Å². The van der Waals surface area contributed by atoms with Crippen LogP contribution in [0.4, 0.5) is 0 Å². The van der Waals surface area contributed by atoms with Gasteiger partial charge in [-0.05, 0) is 81.9 Å². The Hall–Kier alpha value is -5.86. The van der Waals surface area contributed by atoms with Crippen LogP contribution in [0.15, 0.2) is 158 Å². The number of nitrogens with zero attached hydrogens (tertiary/aromatic N) is 2. The SMILES string of the molecule is CC1(C)c2cc(-n3c4ccccc4c4ccccc43)ccc2-c2c(-c3cccc(-n4c5ccccc5c5ccccc54)c3)cccc21. The van der Waals surface area contributed by atoms with Gasteiger partial charge < -0.3 is 9.13 Å². The fourth-order valence-corrected chi connectivity index (χ4v) is 8.37. The summed E-state index contributed by atoms with van der Waals surface area (Å²) in [4.78, 5) is 0. The van der Waals surface area contributed by atoms with Gasteiger partial charge in [0.15, 0.2) is 0 Å². The van der Waals surface area contributed by atoms with E-state index in [0.717, 1.165) is 0 Å². The minimum atomic E-state index is -0.139. The van der Waals surface area contributed by atoms with Crippen LogP contribution in [0.2, 0.25) is 0 Å². The van der Waals surface area contributed by atoms with Crippen LogP contribution in [0.3, 0.4) is 0 Å². The first-order valence-electron chi connectivity index (χ1n) is 16.5. The smallest absolute Gasteiger partial charge is 0.0541 e. The lowest BCUT2D eigenvalue weighted by molar-refractivity contribution is 0.660. The summed E-state index contributed by atoms with van der Waals surface area (Å²) in [5.74, 6) is 0. The van der Waals surface area contributed by atoms with E-state index in [1.54, 1.807) is 0 Å². The average Bonchev–Trinajstić information content (AvgIpc) is 3.72. The van der Waals surface area contributed by atoms with Crippen LogP contribution in [0.25, 0.3) is 77.2 Å². The molecule has 2 heterocycles. The normalized spacial score (nSPS) is 13.5. The summed E-state index contributed by atoms with van der Waals surface area (Å²) in [6.45, 7) is 4.76. The molecular formula is C45H32N2. The molecule has 2 heteroatoms. The molecule has 10 rings (SSSR count).